The first-order valence-corrected chi connectivity index (χ1v) is 8.26. The van der Waals surface area contributed by atoms with Gasteiger partial charge in [-0.15, -0.1) is 0 Å². The lowest BCUT2D eigenvalue weighted by Crippen LogP contribution is -2.45. The van der Waals surface area contributed by atoms with Crippen LogP contribution in [0.25, 0.3) is 0 Å². The van der Waals surface area contributed by atoms with Gasteiger partial charge in [0.2, 0.25) is 10.0 Å². The summed E-state index contributed by atoms with van der Waals surface area (Å²) in [6.45, 7) is 4.88. The molecule has 0 spiro atoms. The van der Waals surface area contributed by atoms with Gasteiger partial charge in [0.05, 0.1) is 5.75 Å². The van der Waals surface area contributed by atoms with Gasteiger partial charge in [-0.2, -0.15) is 0 Å². The molecule has 1 fully saturated rings. The molecule has 0 saturated heterocycles. The highest BCUT2D eigenvalue weighted by molar-refractivity contribution is 7.89. The third kappa shape index (κ3) is 4.94. The summed E-state index contributed by atoms with van der Waals surface area (Å²) < 4.78 is 26.6. The highest BCUT2D eigenvalue weighted by Crippen LogP contribution is 2.30. The van der Waals surface area contributed by atoms with Crippen LogP contribution in [-0.2, 0) is 10.0 Å². The predicted molar refractivity (Wildman–Crippen MR) is 71.4 cm³/mol. The maximum absolute atomic E-state index is 11.9. The zero-order valence-corrected chi connectivity index (χ0v) is 12.0. The molecule has 0 radical (unpaired) electrons. The molecule has 102 valence electrons. The first-order chi connectivity index (χ1) is 7.96. The van der Waals surface area contributed by atoms with Crippen LogP contribution in [0.3, 0.4) is 0 Å². The summed E-state index contributed by atoms with van der Waals surface area (Å²) in [4.78, 5) is 0. The third-order valence-corrected chi connectivity index (χ3v) is 5.03. The minimum atomic E-state index is -3.12. The van der Waals surface area contributed by atoms with E-state index in [1.54, 1.807) is 7.05 Å². The molecule has 1 aliphatic rings. The Morgan fingerprint density at radius 3 is 2.47 bits per heavy atom. The van der Waals surface area contributed by atoms with Crippen LogP contribution in [0.15, 0.2) is 0 Å². The summed E-state index contributed by atoms with van der Waals surface area (Å²) >= 11 is 0. The molecule has 5 heteroatoms. The number of rotatable bonds is 6. The molecule has 2 unspecified atom stereocenters. The fourth-order valence-corrected chi connectivity index (χ4v) is 3.97. The summed E-state index contributed by atoms with van der Waals surface area (Å²) in [6, 6.07) is 0.144. The molecule has 0 amide bonds. The van der Waals surface area contributed by atoms with Crippen LogP contribution in [0.4, 0.5) is 0 Å². The molecule has 1 saturated carbocycles. The second-order valence-corrected chi connectivity index (χ2v) is 7.21. The Hall–Kier alpha value is -0.130. The highest BCUT2D eigenvalue weighted by Gasteiger charge is 2.30. The van der Waals surface area contributed by atoms with E-state index >= 15 is 0 Å². The van der Waals surface area contributed by atoms with Crippen molar-refractivity contribution in [3.8, 4) is 0 Å². The van der Waals surface area contributed by atoms with Crippen LogP contribution < -0.4 is 10.0 Å². The average Bonchev–Trinajstić information content (AvgIpc) is 2.26. The van der Waals surface area contributed by atoms with Crippen molar-refractivity contribution in [3.63, 3.8) is 0 Å². The number of hydrogen-bond donors (Lipinski definition) is 2. The molecule has 17 heavy (non-hydrogen) atoms. The van der Waals surface area contributed by atoms with Gasteiger partial charge >= 0.3 is 0 Å². The van der Waals surface area contributed by atoms with E-state index in [9.17, 15) is 8.42 Å². The van der Waals surface area contributed by atoms with Gasteiger partial charge in [0.25, 0.3) is 0 Å². The zero-order chi connectivity index (χ0) is 12.9. The predicted octanol–water partition coefficient (Wildman–Crippen LogP) is 1.34. The zero-order valence-electron chi connectivity index (χ0n) is 11.2. The van der Waals surface area contributed by atoms with Crippen LogP contribution in [0.2, 0.25) is 0 Å². The second kappa shape index (κ2) is 6.71. The van der Waals surface area contributed by atoms with Crippen LogP contribution in [0.1, 0.15) is 39.5 Å². The molecule has 0 aliphatic heterocycles. The van der Waals surface area contributed by atoms with Crippen LogP contribution >= 0.6 is 0 Å². The SMILES string of the molecule is CNCCS(=O)(=O)NC1CCCCC1C(C)C. The second-order valence-electron chi connectivity index (χ2n) is 5.34. The van der Waals surface area contributed by atoms with Crippen molar-refractivity contribution < 1.29 is 8.42 Å². The molecule has 4 nitrogen and oxygen atoms in total. The lowest BCUT2D eigenvalue weighted by Gasteiger charge is -2.34. The maximum atomic E-state index is 11.9. The van der Waals surface area contributed by atoms with Crippen molar-refractivity contribution in [2.24, 2.45) is 11.8 Å². The van der Waals surface area contributed by atoms with Crippen molar-refractivity contribution in [2.45, 2.75) is 45.6 Å². The van der Waals surface area contributed by atoms with E-state index in [1.165, 1.54) is 6.42 Å². The fourth-order valence-electron chi connectivity index (χ4n) is 2.63. The van der Waals surface area contributed by atoms with E-state index < -0.39 is 10.0 Å². The minimum absolute atomic E-state index is 0.144. The largest absolute Gasteiger partial charge is 0.319 e. The summed E-state index contributed by atoms with van der Waals surface area (Å²) in [6.07, 6.45) is 4.51. The van der Waals surface area contributed by atoms with E-state index in [-0.39, 0.29) is 11.8 Å². The number of hydrogen-bond acceptors (Lipinski definition) is 3. The Labute approximate surface area is 106 Å². The molecular formula is C12H26N2O2S. The van der Waals surface area contributed by atoms with Crippen molar-refractivity contribution in [1.82, 2.24) is 10.0 Å². The number of sulfonamides is 1. The highest BCUT2D eigenvalue weighted by atomic mass is 32.2. The summed E-state index contributed by atoms with van der Waals surface area (Å²) in [7, 11) is -1.35. The average molecular weight is 262 g/mol. The van der Waals surface area contributed by atoms with E-state index in [0.29, 0.717) is 18.4 Å². The summed E-state index contributed by atoms with van der Waals surface area (Å²) in [5, 5.41) is 2.88. The fraction of sp³-hybridized carbons (Fsp3) is 1.00. The molecule has 0 bridgehead atoms. The van der Waals surface area contributed by atoms with Crippen molar-refractivity contribution in [2.75, 3.05) is 19.3 Å². The maximum Gasteiger partial charge on any atom is 0.213 e. The van der Waals surface area contributed by atoms with Crippen molar-refractivity contribution >= 4 is 10.0 Å². The Kier molecular flexibility index (Phi) is 5.89. The molecular weight excluding hydrogens is 236 g/mol. The van der Waals surface area contributed by atoms with Gasteiger partial charge in [-0.05, 0) is 31.7 Å². The molecule has 2 atom stereocenters. The van der Waals surface area contributed by atoms with E-state index in [0.717, 1.165) is 19.3 Å². The summed E-state index contributed by atoms with van der Waals surface area (Å²) in [5.41, 5.74) is 0. The van der Waals surface area contributed by atoms with Crippen LogP contribution in [0.5, 0.6) is 0 Å². The molecule has 0 heterocycles. The van der Waals surface area contributed by atoms with Crippen molar-refractivity contribution in [3.05, 3.63) is 0 Å². The van der Waals surface area contributed by atoms with Gasteiger partial charge in [-0.1, -0.05) is 26.7 Å². The van der Waals surface area contributed by atoms with Gasteiger partial charge in [0.1, 0.15) is 0 Å². The van der Waals surface area contributed by atoms with Gasteiger partial charge in [-0.3, -0.25) is 0 Å². The van der Waals surface area contributed by atoms with Crippen LogP contribution in [0, 0.1) is 11.8 Å². The van der Waals surface area contributed by atoms with Gasteiger partial charge in [0, 0.05) is 12.6 Å². The number of nitrogens with one attached hydrogen (secondary N) is 2. The lowest BCUT2D eigenvalue weighted by molar-refractivity contribution is 0.226. The summed E-state index contributed by atoms with van der Waals surface area (Å²) in [5.74, 6) is 1.21. The van der Waals surface area contributed by atoms with Crippen LogP contribution in [-0.4, -0.2) is 33.8 Å². The Balaban J connectivity index is 2.58. The third-order valence-electron chi connectivity index (χ3n) is 3.63. The minimum Gasteiger partial charge on any atom is -0.319 e. The molecule has 0 aromatic heterocycles. The Morgan fingerprint density at radius 1 is 1.24 bits per heavy atom. The molecule has 0 aromatic rings. The molecule has 1 rings (SSSR count). The standard InChI is InChI=1S/C12H26N2O2S/c1-10(2)11-6-4-5-7-12(11)14-17(15,16)9-8-13-3/h10-14H,4-9H2,1-3H3. The first kappa shape index (κ1) is 14.9. The van der Waals surface area contributed by atoms with E-state index in [4.69, 9.17) is 0 Å². The molecule has 0 aromatic carbocycles. The normalized spacial score (nSPS) is 26.4. The van der Waals surface area contributed by atoms with Crippen molar-refractivity contribution in [1.29, 1.82) is 0 Å². The van der Waals surface area contributed by atoms with E-state index in [2.05, 4.69) is 23.9 Å². The monoisotopic (exact) mass is 262 g/mol. The lowest BCUT2D eigenvalue weighted by atomic mass is 9.78. The van der Waals surface area contributed by atoms with E-state index in [1.807, 2.05) is 0 Å². The van der Waals surface area contributed by atoms with Gasteiger partial charge in [0.15, 0.2) is 0 Å². The smallest absolute Gasteiger partial charge is 0.213 e. The Bertz CT molecular complexity index is 314. The Morgan fingerprint density at radius 2 is 1.88 bits per heavy atom. The van der Waals surface area contributed by atoms with Gasteiger partial charge < -0.3 is 5.32 Å². The quantitative estimate of drug-likeness (QED) is 0.759. The molecule has 1 aliphatic carbocycles. The first-order valence-electron chi connectivity index (χ1n) is 6.61. The van der Waals surface area contributed by atoms with Gasteiger partial charge in [-0.25, -0.2) is 13.1 Å². The topological polar surface area (TPSA) is 58.2 Å². The molecule has 2 N–H and O–H groups in total.